The first-order chi connectivity index (χ1) is 15.3. The Balaban J connectivity index is 2.08. The molecule has 156 valence electrons. The number of carboxylic acids is 2. The molecular formula is C25H14O7. The molecule has 7 nitrogen and oxygen atoms in total. The summed E-state index contributed by atoms with van der Waals surface area (Å²) in [4.78, 5) is 35.9. The predicted molar refractivity (Wildman–Crippen MR) is 119 cm³/mol. The van der Waals surface area contributed by atoms with Crippen LogP contribution >= 0.6 is 0 Å². The van der Waals surface area contributed by atoms with E-state index in [-0.39, 0.29) is 33.5 Å². The van der Waals surface area contributed by atoms with E-state index in [2.05, 4.69) is 0 Å². The van der Waals surface area contributed by atoms with Gasteiger partial charge < -0.3 is 19.7 Å². The first kappa shape index (κ1) is 19.3. The summed E-state index contributed by atoms with van der Waals surface area (Å²) in [6.45, 7) is 0. The lowest BCUT2D eigenvalue weighted by Gasteiger charge is -2.16. The average Bonchev–Trinajstić information content (AvgIpc) is 2.76. The molecule has 0 bridgehead atoms. The number of hydrogen-bond acceptors (Lipinski definition) is 5. The number of phenolic OH excluding ortho intramolecular Hbond substituents is 1. The third kappa shape index (κ3) is 2.87. The first-order valence-corrected chi connectivity index (χ1v) is 9.57. The number of fused-ring (bicyclic) bond motifs is 4. The van der Waals surface area contributed by atoms with E-state index in [0.717, 1.165) is 0 Å². The molecule has 0 spiro atoms. The molecule has 1 heterocycles. The summed E-state index contributed by atoms with van der Waals surface area (Å²) in [6.07, 6.45) is 0. The molecule has 0 atom stereocenters. The van der Waals surface area contributed by atoms with Gasteiger partial charge in [-0.05, 0) is 53.9 Å². The van der Waals surface area contributed by atoms with Crippen LogP contribution in [0, 0.1) is 0 Å². The summed E-state index contributed by atoms with van der Waals surface area (Å²) >= 11 is 0. The van der Waals surface area contributed by atoms with E-state index < -0.39 is 11.9 Å². The zero-order chi connectivity index (χ0) is 22.6. The summed E-state index contributed by atoms with van der Waals surface area (Å²) in [5, 5.41) is 31.8. The van der Waals surface area contributed by atoms with Gasteiger partial charge in [0.05, 0.1) is 11.1 Å². The van der Waals surface area contributed by atoms with Gasteiger partial charge in [0.15, 0.2) is 5.43 Å². The van der Waals surface area contributed by atoms with E-state index >= 15 is 0 Å². The van der Waals surface area contributed by atoms with E-state index in [1.54, 1.807) is 24.3 Å². The van der Waals surface area contributed by atoms with E-state index in [0.29, 0.717) is 32.7 Å². The van der Waals surface area contributed by atoms with Crippen molar-refractivity contribution in [3.63, 3.8) is 0 Å². The third-order valence-electron chi connectivity index (χ3n) is 5.43. The maximum absolute atomic E-state index is 12.1. The van der Waals surface area contributed by atoms with Gasteiger partial charge in [0.25, 0.3) is 0 Å². The molecule has 0 unspecified atom stereocenters. The number of benzene rings is 4. The number of carbonyl (C=O) groups is 2. The smallest absolute Gasteiger partial charge is 0.336 e. The number of aromatic carboxylic acids is 2. The zero-order valence-corrected chi connectivity index (χ0v) is 16.3. The molecular weight excluding hydrogens is 412 g/mol. The van der Waals surface area contributed by atoms with Gasteiger partial charge in [-0.25, -0.2) is 9.59 Å². The van der Waals surface area contributed by atoms with Crippen molar-refractivity contribution in [2.75, 3.05) is 0 Å². The maximum atomic E-state index is 12.1. The highest BCUT2D eigenvalue weighted by molar-refractivity contribution is 6.19. The van der Waals surface area contributed by atoms with E-state index in [9.17, 15) is 29.7 Å². The molecule has 0 fully saturated rings. The molecule has 5 aromatic rings. The largest absolute Gasteiger partial charge is 0.508 e. The summed E-state index contributed by atoms with van der Waals surface area (Å²) in [7, 11) is 0. The lowest BCUT2D eigenvalue weighted by molar-refractivity contribution is 0.0696. The molecule has 3 N–H and O–H groups in total. The molecule has 1 aromatic heterocycles. The van der Waals surface area contributed by atoms with Crippen molar-refractivity contribution in [3.05, 3.63) is 88.1 Å². The highest BCUT2D eigenvalue weighted by Gasteiger charge is 2.24. The molecule has 0 amide bonds. The zero-order valence-electron chi connectivity index (χ0n) is 16.3. The topological polar surface area (TPSA) is 125 Å². The van der Waals surface area contributed by atoms with Crippen LogP contribution in [0.5, 0.6) is 5.75 Å². The Morgan fingerprint density at radius 1 is 0.719 bits per heavy atom. The van der Waals surface area contributed by atoms with Crippen LogP contribution in [0.1, 0.15) is 20.7 Å². The van der Waals surface area contributed by atoms with Gasteiger partial charge in [-0.1, -0.05) is 12.1 Å². The second-order valence-corrected chi connectivity index (χ2v) is 7.32. The molecule has 4 aromatic carbocycles. The number of hydrogen-bond donors (Lipinski definition) is 3. The lowest BCUT2D eigenvalue weighted by atomic mass is 9.89. The Morgan fingerprint density at radius 3 is 2.06 bits per heavy atom. The van der Waals surface area contributed by atoms with Crippen molar-refractivity contribution in [1.29, 1.82) is 0 Å². The second-order valence-electron chi connectivity index (χ2n) is 7.32. The molecule has 0 radical (unpaired) electrons. The summed E-state index contributed by atoms with van der Waals surface area (Å²) < 4.78 is 6.09. The molecule has 0 aliphatic heterocycles. The molecule has 5 rings (SSSR count). The Hall–Kier alpha value is -4.65. The highest BCUT2D eigenvalue weighted by atomic mass is 16.4. The van der Waals surface area contributed by atoms with Crippen LogP contribution in [0.2, 0.25) is 0 Å². The van der Waals surface area contributed by atoms with Crippen molar-refractivity contribution >= 4 is 44.6 Å². The van der Waals surface area contributed by atoms with E-state index in [4.69, 9.17) is 4.42 Å². The van der Waals surface area contributed by atoms with Crippen LogP contribution in [0.15, 0.2) is 75.9 Å². The molecule has 0 aliphatic rings. The van der Waals surface area contributed by atoms with Crippen molar-refractivity contribution < 1.29 is 29.3 Å². The van der Waals surface area contributed by atoms with Crippen LogP contribution in [-0.4, -0.2) is 27.3 Å². The lowest BCUT2D eigenvalue weighted by Crippen LogP contribution is -2.07. The van der Waals surface area contributed by atoms with E-state index in [1.807, 2.05) is 0 Å². The summed E-state index contributed by atoms with van der Waals surface area (Å²) in [6, 6.07) is 16.2. The molecule has 0 saturated heterocycles. The fourth-order valence-corrected chi connectivity index (χ4v) is 4.09. The van der Waals surface area contributed by atoms with Crippen molar-refractivity contribution in [3.8, 4) is 16.9 Å². The molecule has 7 heteroatoms. The molecule has 0 aliphatic carbocycles. The Bertz CT molecular complexity index is 1630. The van der Waals surface area contributed by atoms with Gasteiger partial charge in [-0.3, -0.25) is 4.79 Å². The van der Waals surface area contributed by atoms with Gasteiger partial charge in [0.1, 0.15) is 16.9 Å². The minimum absolute atomic E-state index is 0.0313. The van der Waals surface area contributed by atoms with Gasteiger partial charge in [-0.2, -0.15) is 0 Å². The predicted octanol–water partition coefficient (Wildman–Crippen LogP) is 4.87. The van der Waals surface area contributed by atoms with Gasteiger partial charge in [0.2, 0.25) is 0 Å². The standard InChI is InChI=1S/C25H14O7/c26-13-5-8-15-12(10-13)4-7-17-21(16-9-6-14(27)11-20(16)32-23(15)17)22-18(24(28)29)2-1-3-19(22)25(30)31/h1-11,27H,(H,28,29)(H,30,31). The second kappa shape index (κ2) is 6.95. The Kier molecular flexibility index (Phi) is 4.20. The maximum Gasteiger partial charge on any atom is 0.336 e. The number of carboxylic acid groups (broad SMARTS) is 2. The van der Waals surface area contributed by atoms with Crippen molar-refractivity contribution in [1.82, 2.24) is 0 Å². The van der Waals surface area contributed by atoms with Gasteiger partial charge >= 0.3 is 11.9 Å². The van der Waals surface area contributed by atoms with Gasteiger partial charge in [0, 0.05) is 33.4 Å². The van der Waals surface area contributed by atoms with Crippen LogP contribution in [0.25, 0.3) is 43.8 Å². The Morgan fingerprint density at radius 2 is 1.38 bits per heavy atom. The van der Waals surface area contributed by atoms with Gasteiger partial charge in [-0.15, -0.1) is 0 Å². The summed E-state index contributed by atoms with van der Waals surface area (Å²) in [5.74, 6) is -2.62. The normalized spacial score (nSPS) is 11.2. The number of aromatic hydroxyl groups is 1. The fourth-order valence-electron chi connectivity index (χ4n) is 4.09. The van der Waals surface area contributed by atoms with Crippen LogP contribution in [0.4, 0.5) is 0 Å². The third-order valence-corrected chi connectivity index (χ3v) is 5.43. The number of rotatable bonds is 3. The quantitative estimate of drug-likeness (QED) is 0.278. The van der Waals surface area contributed by atoms with Crippen LogP contribution in [-0.2, 0) is 0 Å². The minimum atomic E-state index is -1.28. The first-order valence-electron chi connectivity index (χ1n) is 9.57. The molecule has 32 heavy (non-hydrogen) atoms. The van der Waals surface area contributed by atoms with E-state index in [1.165, 1.54) is 42.5 Å². The number of phenols is 1. The SMILES string of the molecule is O=C(O)c1cccc(C(=O)O)c1-c1c2ccc(O)cc2oc2c1ccc1cc(=O)ccc12. The average molecular weight is 426 g/mol. The van der Waals surface area contributed by atoms with Crippen LogP contribution in [0.3, 0.4) is 0 Å². The minimum Gasteiger partial charge on any atom is -0.508 e. The van der Waals surface area contributed by atoms with Crippen molar-refractivity contribution in [2.45, 2.75) is 0 Å². The van der Waals surface area contributed by atoms with Crippen molar-refractivity contribution in [2.24, 2.45) is 0 Å². The van der Waals surface area contributed by atoms with Crippen LogP contribution < -0.4 is 5.43 Å². The molecule has 0 saturated carbocycles. The monoisotopic (exact) mass is 426 g/mol. The Labute approximate surface area is 179 Å². The summed E-state index contributed by atoms with van der Waals surface area (Å²) in [5.41, 5.74) is 0.423. The fraction of sp³-hybridized carbons (Fsp3) is 0. The highest BCUT2D eigenvalue weighted by Crippen LogP contribution is 2.42.